The molecule has 4 rings (SSSR count). The number of nitrogens with two attached hydrogens (primary N) is 1. The number of nitrogens with zero attached hydrogens (tertiary/aromatic N) is 4. The number of aryl methyl sites for hydroxylation is 2. The van der Waals surface area contributed by atoms with E-state index >= 15 is 0 Å². The van der Waals surface area contributed by atoms with Crippen LogP contribution in [0.25, 0.3) is 11.0 Å². The van der Waals surface area contributed by atoms with Crippen LogP contribution in [-0.2, 0) is 20.0 Å². The summed E-state index contributed by atoms with van der Waals surface area (Å²) in [5.74, 6) is 1.12. The molecule has 2 heterocycles. The first-order valence-corrected chi connectivity index (χ1v) is 10.1. The van der Waals surface area contributed by atoms with E-state index in [1.807, 2.05) is 6.20 Å². The molecule has 0 amide bonds. The summed E-state index contributed by atoms with van der Waals surface area (Å²) in [7, 11) is 2.12. The van der Waals surface area contributed by atoms with Crippen LogP contribution in [0.3, 0.4) is 0 Å². The topological polar surface area (TPSA) is 60.0 Å². The van der Waals surface area contributed by atoms with Gasteiger partial charge in [0.1, 0.15) is 5.82 Å². The summed E-state index contributed by atoms with van der Waals surface area (Å²) in [6, 6.07) is 13.0. The first-order valence-electron chi connectivity index (χ1n) is 10.1. The monoisotopic (exact) mass is 399 g/mol. The third-order valence-corrected chi connectivity index (χ3v) is 5.73. The van der Waals surface area contributed by atoms with Gasteiger partial charge in [0.05, 0.1) is 29.3 Å². The van der Waals surface area contributed by atoms with Crippen molar-refractivity contribution in [3.63, 3.8) is 0 Å². The Hall–Kier alpha value is -1.95. The van der Waals surface area contributed by atoms with Gasteiger partial charge in [-0.1, -0.05) is 18.2 Å². The highest BCUT2D eigenvalue weighted by Crippen LogP contribution is 2.34. The van der Waals surface area contributed by atoms with Crippen molar-refractivity contribution in [2.75, 3.05) is 13.1 Å². The number of benzene rings is 1. The van der Waals surface area contributed by atoms with E-state index in [0.717, 1.165) is 56.7 Å². The lowest BCUT2D eigenvalue weighted by Crippen LogP contribution is -2.33. The number of hydrogen-bond acceptors (Lipinski definition) is 4. The predicted molar refractivity (Wildman–Crippen MR) is 117 cm³/mol. The number of pyridine rings is 1. The zero-order valence-electron chi connectivity index (χ0n) is 16.6. The molecular weight excluding hydrogens is 370 g/mol. The van der Waals surface area contributed by atoms with Gasteiger partial charge >= 0.3 is 0 Å². The van der Waals surface area contributed by atoms with E-state index in [-0.39, 0.29) is 12.4 Å². The number of imidazole rings is 1. The lowest BCUT2D eigenvalue weighted by atomic mass is 9.90. The largest absolute Gasteiger partial charge is 0.330 e. The maximum absolute atomic E-state index is 5.75. The van der Waals surface area contributed by atoms with Crippen LogP contribution in [0.1, 0.15) is 48.8 Å². The fourth-order valence-corrected chi connectivity index (χ4v) is 4.26. The van der Waals surface area contributed by atoms with Crippen LogP contribution < -0.4 is 5.73 Å². The van der Waals surface area contributed by atoms with E-state index in [0.29, 0.717) is 6.04 Å². The molecule has 1 aliphatic carbocycles. The van der Waals surface area contributed by atoms with Gasteiger partial charge in [-0.3, -0.25) is 9.88 Å². The maximum Gasteiger partial charge on any atom is 0.123 e. The van der Waals surface area contributed by atoms with E-state index < -0.39 is 0 Å². The molecule has 0 aliphatic heterocycles. The molecule has 5 nitrogen and oxygen atoms in total. The van der Waals surface area contributed by atoms with Crippen molar-refractivity contribution in [1.29, 1.82) is 0 Å². The maximum atomic E-state index is 5.75. The van der Waals surface area contributed by atoms with Gasteiger partial charge in [-0.15, -0.1) is 12.4 Å². The highest BCUT2D eigenvalue weighted by atomic mass is 35.5. The third-order valence-electron chi connectivity index (χ3n) is 5.73. The number of halogens is 1. The van der Waals surface area contributed by atoms with E-state index in [9.17, 15) is 0 Å². The summed E-state index contributed by atoms with van der Waals surface area (Å²) in [6.45, 7) is 2.62. The Morgan fingerprint density at radius 2 is 2.04 bits per heavy atom. The molecule has 2 N–H and O–H groups in total. The Morgan fingerprint density at radius 1 is 1.18 bits per heavy atom. The van der Waals surface area contributed by atoms with Crippen molar-refractivity contribution >= 4 is 23.4 Å². The highest BCUT2D eigenvalue weighted by molar-refractivity contribution is 5.85. The Morgan fingerprint density at radius 3 is 2.86 bits per heavy atom. The molecular formula is C22H30ClN5. The minimum absolute atomic E-state index is 0. The average Bonchev–Trinajstić information content (AvgIpc) is 3.03. The molecule has 0 unspecified atom stereocenters. The summed E-state index contributed by atoms with van der Waals surface area (Å²) < 4.78 is 2.23. The molecule has 0 saturated carbocycles. The highest BCUT2D eigenvalue weighted by Gasteiger charge is 2.28. The van der Waals surface area contributed by atoms with Crippen LogP contribution in [-0.4, -0.2) is 32.5 Å². The zero-order chi connectivity index (χ0) is 18.6. The lowest BCUT2D eigenvalue weighted by molar-refractivity contribution is 0.158. The predicted octanol–water partition coefficient (Wildman–Crippen LogP) is 4.01. The fraction of sp³-hybridized carbons (Fsp3) is 0.455. The Kier molecular flexibility index (Phi) is 7.05. The first kappa shape index (κ1) is 20.8. The van der Waals surface area contributed by atoms with Crippen molar-refractivity contribution in [2.24, 2.45) is 12.8 Å². The Balaban J connectivity index is 0.00000225. The van der Waals surface area contributed by atoms with E-state index in [4.69, 9.17) is 15.7 Å². The minimum atomic E-state index is 0. The van der Waals surface area contributed by atoms with E-state index in [1.165, 1.54) is 23.2 Å². The van der Waals surface area contributed by atoms with Gasteiger partial charge in [0, 0.05) is 13.2 Å². The second-order valence-electron chi connectivity index (χ2n) is 7.50. The summed E-state index contributed by atoms with van der Waals surface area (Å²) >= 11 is 0. The molecule has 6 heteroatoms. The molecule has 3 aromatic rings. The fourth-order valence-electron chi connectivity index (χ4n) is 4.26. The molecule has 150 valence electrons. The number of aromatic nitrogens is 3. The SMILES string of the molecule is Cl.Cn1c(CN(CCCCN)[C@H]2CCCc3cccnc32)nc2ccccc21. The molecule has 2 aromatic heterocycles. The molecule has 1 atom stereocenters. The molecule has 0 saturated heterocycles. The zero-order valence-corrected chi connectivity index (χ0v) is 17.4. The number of unbranched alkanes of at least 4 members (excludes halogenated alkanes) is 1. The lowest BCUT2D eigenvalue weighted by Gasteiger charge is -2.35. The van der Waals surface area contributed by atoms with Crippen LogP contribution in [0.2, 0.25) is 0 Å². The molecule has 1 aromatic carbocycles. The molecule has 0 bridgehead atoms. The Labute approximate surface area is 173 Å². The number of fused-ring (bicyclic) bond motifs is 2. The molecule has 0 spiro atoms. The molecule has 28 heavy (non-hydrogen) atoms. The smallest absolute Gasteiger partial charge is 0.123 e. The standard InChI is InChI=1S/C22H29N5.ClH/c1-26-19-11-3-2-10-18(19)25-21(26)16-27(15-5-4-13-23)20-12-6-8-17-9-7-14-24-22(17)20;/h2-3,7,9-11,14,20H,4-6,8,12-13,15-16,23H2,1H3;1H/t20-;/m0./s1. The average molecular weight is 400 g/mol. The van der Waals surface area contributed by atoms with Gasteiger partial charge < -0.3 is 10.3 Å². The summed E-state index contributed by atoms with van der Waals surface area (Å²) in [5.41, 5.74) is 10.7. The molecule has 1 aliphatic rings. The normalized spacial score (nSPS) is 16.2. The second kappa shape index (κ2) is 9.50. The molecule has 0 fully saturated rings. The van der Waals surface area contributed by atoms with Gasteiger partial charge in [0.2, 0.25) is 0 Å². The van der Waals surface area contributed by atoms with Crippen LogP contribution >= 0.6 is 12.4 Å². The van der Waals surface area contributed by atoms with Crippen LogP contribution in [0.15, 0.2) is 42.6 Å². The van der Waals surface area contributed by atoms with Crippen LogP contribution in [0.4, 0.5) is 0 Å². The van der Waals surface area contributed by atoms with Gasteiger partial charge in [-0.2, -0.15) is 0 Å². The van der Waals surface area contributed by atoms with Crippen molar-refractivity contribution in [3.8, 4) is 0 Å². The molecule has 0 radical (unpaired) electrons. The second-order valence-corrected chi connectivity index (χ2v) is 7.50. The number of rotatable bonds is 7. The Bertz CT molecular complexity index is 907. The van der Waals surface area contributed by atoms with Crippen molar-refractivity contribution in [2.45, 2.75) is 44.7 Å². The van der Waals surface area contributed by atoms with Crippen molar-refractivity contribution < 1.29 is 0 Å². The van der Waals surface area contributed by atoms with E-state index in [2.05, 4.69) is 52.9 Å². The van der Waals surface area contributed by atoms with E-state index in [1.54, 1.807) is 0 Å². The number of para-hydroxylation sites is 2. The van der Waals surface area contributed by atoms with Gasteiger partial charge in [-0.05, 0) is 69.0 Å². The summed E-state index contributed by atoms with van der Waals surface area (Å²) in [5, 5.41) is 0. The first-order chi connectivity index (χ1) is 13.3. The third kappa shape index (κ3) is 4.22. The number of hydrogen-bond donors (Lipinski definition) is 1. The van der Waals surface area contributed by atoms with Gasteiger partial charge in [-0.25, -0.2) is 4.98 Å². The quantitative estimate of drug-likeness (QED) is 0.610. The van der Waals surface area contributed by atoms with Crippen molar-refractivity contribution in [1.82, 2.24) is 19.4 Å². The van der Waals surface area contributed by atoms with Crippen LogP contribution in [0, 0.1) is 0 Å². The summed E-state index contributed by atoms with van der Waals surface area (Å²) in [6.07, 6.45) is 7.63. The van der Waals surface area contributed by atoms with Crippen LogP contribution in [0.5, 0.6) is 0 Å². The minimum Gasteiger partial charge on any atom is -0.330 e. The van der Waals surface area contributed by atoms with Gasteiger partial charge in [0.25, 0.3) is 0 Å². The van der Waals surface area contributed by atoms with Gasteiger partial charge in [0.15, 0.2) is 0 Å². The van der Waals surface area contributed by atoms with Crippen molar-refractivity contribution in [3.05, 3.63) is 59.7 Å². The summed E-state index contributed by atoms with van der Waals surface area (Å²) in [4.78, 5) is 12.2.